The molecule has 0 radical (unpaired) electrons. The Morgan fingerprint density at radius 2 is 1.79 bits per heavy atom. The molecule has 1 aliphatic carbocycles. The van der Waals surface area contributed by atoms with Crippen molar-refractivity contribution < 1.29 is 26.8 Å². The first-order valence-electron chi connectivity index (χ1n) is 11.0. The second-order valence-electron chi connectivity index (χ2n) is 8.64. The van der Waals surface area contributed by atoms with Gasteiger partial charge < -0.3 is 14.2 Å². The molecule has 2 aliphatic rings. The van der Waals surface area contributed by atoms with Crippen LogP contribution in [0.25, 0.3) is 16.1 Å². The fourth-order valence-corrected chi connectivity index (χ4v) is 4.32. The standard InChI is InChI=1S/C25H21F4N3O2/c1-30-16-7-9-17(10-8-16)32-12-11-21(25(28,29)14-32)33-13-18-23(31-34-24(18)15-5-6-15)22-19(26)3-2-4-20(22)27/h2-4,7-10,15,21H,5-6,11-14H2. The molecule has 1 saturated carbocycles. The highest BCUT2D eigenvalue weighted by molar-refractivity contribution is 5.65. The number of hydrogen-bond donors (Lipinski definition) is 0. The Labute approximate surface area is 193 Å². The number of ether oxygens (including phenoxy) is 1. The summed E-state index contributed by atoms with van der Waals surface area (Å²) in [5.74, 6) is -4.27. The molecule has 176 valence electrons. The van der Waals surface area contributed by atoms with Crippen LogP contribution < -0.4 is 4.90 Å². The highest BCUT2D eigenvalue weighted by Gasteiger charge is 2.46. The van der Waals surface area contributed by atoms with E-state index in [0.717, 1.165) is 25.0 Å². The highest BCUT2D eigenvalue weighted by atomic mass is 19.3. The smallest absolute Gasteiger partial charge is 0.290 e. The summed E-state index contributed by atoms with van der Waals surface area (Å²) in [6, 6.07) is 9.97. The molecule has 3 aromatic rings. The van der Waals surface area contributed by atoms with E-state index in [1.165, 1.54) is 6.07 Å². The Balaban J connectivity index is 1.34. The predicted octanol–water partition coefficient (Wildman–Crippen LogP) is 6.48. The van der Waals surface area contributed by atoms with Crippen LogP contribution in [0.5, 0.6) is 0 Å². The number of hydrogen-bond acceptors (Lipinski definition) is 4. The molecule has 0 spiro atoms. The topological polar surface area (TPSA) is 42.9 Å². The predicted molar refractivity (Wildman–Crippen MR) is 117 cm³/mol. The maximum atomic E-state index is 15.0. The molecule has 1 unspecified atom stereocenters. The van der Waals surface area contributed by atoms with Crippen LogP contribution in [0.4, 0.5) is 28.9 Å². The molecule has 1 aromatic heterocycles. The molecule has 0 N–H and O–H groups in total. The van der Waals surface area contributed by atoms with Gasteiger partial charge in [-0.25, -0.2) is 22.4 Å². The van der Waals surface area contributed by atoms with Crippen LogP contribution in [0.15, 0.2) is 47.0 Å². The zero-order valence-electron chi connectivity index (χ0n) is 18.1. The van der Waals surface area contributed by atoms with Crippen LogP contribution in [0.1, 0.15) is 36.5 Å². The maximum absolute atomic E-state index is 15.0. The summed E-state index contributed by atoms with van der Waals surface area (Å²) < 4.78 is 69.9. The summed E-state index contributed by atoms with van der Waals surface area (Å²) in [6.07, 6.45) is 0.363. The minimum atomic E-state index is -3.16. The van der Waals surface area contributed by atoms with Crippen molar-refractivity contribution in [3.63, 3.8) is 0 Å². The van der Waals surface area contributed by atoms with Crippen LogP contribution in [0.2, 0.25) is 0 Å². The van der Waals surface area contributed by atoms with E-state index in [9.17, 15) is 8.78 Å². The largest absolute Gasteiger partial charge is 0.367 e. The van der Waals surface area contributed by atoms with Crippen LogP contribution in [-0.4, -0.2) is 30.3 Å². The van der Waals surface area contributed by atoms with Crippen molar-refractivity contribution in [3.05, 3.63) is 76.8 Å². The fraction of sp³-hybridized carbons (Fsp3) is 0.360. The lowest BCUT2D eigenvalue weighted by molar-refractivity contribution is -0.148. The SMILES string of the molecule is [C-]#[N+]c1ccc(N2CCC(OCc3c(-c4c(F)cccc4F)noc3C3CC3)C(F)(F)C2)cc1. The van der Waals surface area contributed by atoms with Gasteiger partial charge in [0.1, 0.15) is 29.2 Å². The Hall–Kier alpha value is -3.38. The lowest BCUT2D eigenvalue weighted by atomic mass is 10.0. The molecule has 9 heteroatoms. The molecule has 2 aromatic carbocycles. The van der Waals surface area contributed by atoms with Crippen molar-refractivity contribution in [2.45, 2.75) is 43.8 Å². The van der Waals surface area contributed by atoms with Gasteiger partial charge in [0.2, 0.25) is 0 Å². The Bertz CT molecular complexity index is 1210. The first-order chi connectivity index (χ1) is 16.4. The minimum Gasteiger partial charge on any atom is -0.367 e. The molecule has 1 atom stereocenters. The van der Waals surface area contributed by atoms with Crippen LogP contribution in [-0.2, 0) is 11.3 Å². The molecule has 1 saturated heterocycles. The Morgan fingerprint density at radius 3 is 2.41 bits per heavy atom. The molecule has 2 fully saturated rings. The molecule has 34 heavy (non-hydrogen) atoms. The first kappa shape index (κ1) is 22.4. The van der Waals surface area contributed by atoms with Gasteiger partial charge in [0.05, 0.1) is 25.3 Å². The normalized spacial score (nSPS) is 19.7. The Kier molecular flexibility index (Phi) is 5.78. The minimum absolute atomic E-state index is 0.0434. The molecule has 0 amide bonds. The third-order valence-electron chi connectivity index (χ3n) is 6.27. The van der Waals surface area contributed by atoms with Gasteiger partial charge >= 0.3 is 0 Å². The van der Waals surface area contributed by atoms with E-state index in [4.69, 9.17) is 15.8 Å². The van der Waals surface area contributed by atoms with Gasteiger partial charge in [0.25, 0.3) is 5.92 Å². The molecular formula is C25H21F4N3O2. The van der Waals surface area contributed by atoms with Gasteiger partial charge in [-0.2, -0.15) is 0 Å². The van der Waals surface area contributed by atoms with Gasteiger partial charge in [0, 0.05) is 23.7 Å². The molecule has 5 rings (SSSR count). The van der Waals surface area contributed by atoms with E-state index >= 15 is 8.78 Å². The summed E-state index contributed by atoms with van der Waals surface area (Å²) in [5.41, 5.74) is 0.979. The van der Waals surface area contributed by atoms with Gasteiger partial charge in [-0.05, 0) is 43.5 Å². The quantitative estimate of drug-likeness (QED) is 0.305. The number of anilines is 1. The number of halogens is 4. The van der Waals surface area contributed by atoms with Crippen molar-refractivity contribution >= 4 is 11.4 Å². The zero-order chi connectivity index (χ0) is 23.9. The summed E-state index contributed by atoms with van der Waals surface area (Å²) in [5, 5.41) is 3.88. The monoisotopic (exact) mass is 471 g/mol. The fourth-order valence-electron chi connectivity index (χ4n) is 4.32. The first-order valence-corrected chi connectivity index (χ1v) is 11.0. The number of piperidine rings is 1. The van der Waals surface area contributed by atoms with E-state index in [-0.39, 0.29) is 30.2 Å². The maximum Gasteiger partial charge on any atom is 0.290 e. The van der Waals surface area contributed by atoms with E-state index in [2.05, 4.69) is 10.0 Å². The van der Waals surface area contributed by atoms with E-state index in [1.54, 1.807) is 29.2 Å². The number of benzene rings is 2. The number of alkyl halides is 2. The van der Waals surface area contributed by atoms with Gasteiger partial charge in [-0.15, -0.1) is 0 Å². The van der Waals surface area contributed by atoms with Gasteiger partial charge in [-0.3, -0.25) is 0 Å². The average molecular weight is 471 g/mol. The van der Waals surface area contributed by atoms with Crippen LogP contribution in [0.3, 0.4) is 0 Å². The number of aromatic nitrogens is 1. The number of rotatable bonds is 6. The highest BCUT2D eigenvalue weighted by Crippen LogP contribution is 2.45. The van der Waals surface area contributed by atoms with Gasteiger partial charge in [-0.1, -0.05) is 23.4 Å². The van der Waals surface area contributed by atoms with E-state index in [0.29, 0.717) is 29.2 Å². The molecular weight excluding hydrogens is 450 g/mol. The summed E-state index contributed by atoms with van der Waals surface area (Å²) in [6.45, 7) is 6.54. The third kappa shape index (κ3) is 4.26. The van der Waals surface area contributed by atoms with Crippen molar-refractivity contribution in [3.8, 4) is 11.3 Å². The van der Waals surface area contributed by atoms with Crippen molar-refractivity contribution in [2.75, 3.05) is 18.0 Å². The lowest BCUT2D eigenvalue weighted by Crippen LogP contribution is -2.52. The van der Waals surface area contributed by atoms with Crippen LogP contribution in [0, 0.1) is 18.2 Å². The average Bonchev–Trinajstić information content (AvgIpc) is 3.58. The van der Waals surface area contributed by atoms with E-state index in [1.807, 2.05) is 0 Å². The van der Waals surface area contributed by atoms with Gasteiger partial charge in [0.15, 0.2) is 5.69 Å². The summed E-state index contributed by atoms with van der Waals surface area (Å²) in [7, 11) is 0. The summed E-state index contributed by atoms with van der Waals surface area (Å²) >= 11 is 0. The molecule has 0 bridgehead atoms. The Morgan fingerprint density at radius 1 is 1.09 bits per heavy atom. The lowest BCUT2D eigenvalue weighted by Gasteiger charge is -2.39. The van der Waals surface area contributed by atoms with Crippen molar-refractivity contribution in [1.82, 2.24) is 5.16 Å². The summed E-state index contributed by atoms with van der Waals surface area (Å²) in [4.78, 5) is 4.87. The zero-order valence-corrected chi connectivity index (χ0v) is 18.1. The molecule has 5 nitrogen and oxygen atoms in total. The van der Waals surface area contributed by atoms with Crippen molar-refractivity contribution in [1.29, 1.82) is 0 Å². The van der Waals surface area contributed by atoms with E-state index < -0.39 is 30.2 Å². The van der Waals surface area contributed by atoms with Crippen LogP contribution >= 0.6 is 0 Å². The molecule has 1 aliphatic heterocycles. The third-order valence-corrected chi connectivity index (χ3v) is 6.27. The second kappa shape index (κ2) is 8.76. The van der Waals surface area contributed by atoms with Crippen molar-refractivity contribution in [2.24, 2.45) is 0 Å². The second-order valence-corrected chi connectivity index (χ2v) is 8.64. The molecule has 2 heterocycles. The number of nitrogens with zero attached hydrogens (tertiary/aromatic N) is 3.